The molecular weight excluding hydrogens is 348 g/mol. The number of nitrogens with zero attached hydrogens (tertiary/aromatic N) is 2. The van der Waals surface area contributed by atoms with Gasteiger partial charge in [-0.3, -0.25) is 0 Å². The van der Waals surface area contributed by atoms with Crippen molar-refractivity contribution in [2.45, 2.75) is 17.6 Å². The molecule has 3 nitrogen and oxygen atoms in total. The lowest BCUT2D eigenvalue weighted by atomic mass is 10.0. The average Bonchev–Trinajstić information content (AvgIpc) is 2.37. The second-order valence-corrected chi connectivity index (χ2v) is 5.81. The van der Waals surface area contributed by atoms with Gasteiger partial charge in [0.15, 0.2) is 5.16 Å². The fourth-order valence-corrected chi connectivity index (χ4v) is 2.63. The van der Waals surface area contributed by atoms with Crippen LogP contribution in [0.4, 0.5) is 8.78 Å². The standard InChI is InChI=1S/C13H12BrF2N3S/c1-20-13-18-6-10(14)12(19-13)11(17)4-7-2-8(15)5-9(16)3-7/h2-3,5-6,11H,4,17H2,1H3. The zero-order chi connectivity index (χ0) is 14.7. The zero-order valence-electron chi connectivity index (χ0n) is 10.6. The summed E-state index contributed by atoms with van der Waals surface area (Å²) >= 11 is 4.74. The molecule has 1 aromatic carbocycles. The normalized spacial score (nSPS) is 12.4. The lowest BCUT2D eigenvalue weighted by Crippen LogP contribution is -2.16. The van der Waals surface area contributed by atoms with Gasteiger partial charge in [0.1, 0.15) is 11.6 Å². The maximum absolute atomic E-state index is 13.2. The van der Waals surface area contributed by atoms with Crippen molar-refractivity contribution >= 4 is 27.7 Å². The number of halogens is 3. The van der Waals surface area contributed by atoms with E-state index in [4.69, 9.17) is 5.73 Å². The lowest BCUT2D eigenvalue weighted by molar-refractivity contribution is 0.575. The molecule has 0 aliphatic carbocycles. The Balaban J connectivity index is 2.25. The van der Waals surface area contributed by atoms with Crippen LogP contribution >= 0.6 is 27.7 Å². The summed E-state index contributed by atoms with van der Waals surface area (Å²) in [6.07, 6.45) is 3.78. The summed E-state index contributed by atoms with van der Waals surface area (Å²) in [6, 6.07) is 2.90. The van der Waals surface area contributed by atoms with Gasteiger partial charge in [-0.25, -0.2) is 18.7 Å². The Hall–Kier alpha value is -1.05. The van der Waals surface area contributed by atoms with E-state index in [9.17, 15) is 8.78 Å². The molecular formula is C13H12BrF2N3S. The molecule has 2 N–H and O–H groups in total. The van der Waals surface area contributed by atoms with Crippen LogP contribution in [-0.4, -0.2) is 16.2 Å². The first-order valence-electron chi connectivity index (χ1n) is 5.76. The van der Waals surface area contributed by atoms with Crippen molar-refractivity contribution in [2.75, 3.05) is 6.26 Å². The summed E-state index contributed by atoms with van der Waals surface area (Å²) in [4.78, 5) is 8.43. The Bertz CT molecular complexity index is 604. The van der Waals surface area contributed by atoms with E-state index in [1.54, 1.807) is 6.20 Å². The van der Waals surface area contributed by atoms with Crippen LogP contribution in [0.25, 0.3) is 0 Å². The average molecular weight is 360 g/mol. The van der Waals surface area contributed by atoms with Gasteiger partial charge in [0.2, 0.25) is 0 Å². The maximum atomic E-state index is 13.2. The summed E-state index contributed by atoms with van der Waals surface area (Å²) in [5.41, 5.74) is 7.19. The molecule has 0 radical (unpaired) electrons. The summed E-state index contributed by atoms with van der Waals surface area (Å²) in [5.74, 6) is -1.22. The monoisotopic (exact) mass is 359 g/mol. The van der Waals surface area contributed by atoms with E-state index >= 15 is 0 Å². The third-order valence-corrected chi connectivity index (χ3v) is 3.83. The number of nitrogens with two attached hydrogens (primary N) is 1. The molecule has 2 rings (SSSR count). The van der Waals surface area contributed by atoms with Crippen LogP contribution in [-0.2, 0) is 6.42 Å². The highest BCUT2D eigenvalue weighted by Crippen LogP contribution is 2.24. The second kappa shape index (κ2) is 6.60. The second-order valence-electron chi connectivity index (χ2n) is 4.18. The van der Waals surface area contributed by atoms with Gasteiger partial charge in [-0.1, -0.05) is 11.8 Å². The number of benzene rings is 1. The molecule has 0 saturated carbocycles. The Kier molecular flexibility index (Phi) is 5.06. The molecule has 20 heavy (non-hydrogen) atoms. The number of rotatable bonds is 4. The van der Waals surface area contributed by atoms with Crippen LogP contribution in [0.5, 0.6) is 0 Å². The first-order chi connectivity index (χ1) is 9.49. The summed E-state index contributed by atoms with van der Waals surface area (Å²) in [6.45, 7) is 0. The first kappa shape index (κ1) is 15.3. The fraction of sp³-hybridized carbons (Fsp3) is 0.231. The van der Waals surface area contributed by atoms with Gasteiger partial charge in [-0.05, 0) is 46.3 Å². The van der Waals surface area contributed by atoms with Crippen molar-refractivity contribution in [3.8, 4) is 0 Å². The Labute approximate surface area is 128 Å². The van der Waals surface area contributed by atoms with Crippen LogP contribution in [0.3, 0.4) is 0 Å². The van der Waals surface area contributed by atoms with E-state index < -0.39 is 17.7 Å². The quantitative estimate of drug-likeness (QED) is 0.670. The van der Waals surface area contributed by atoms with Crippen molar-refractivity contribution in [2.24, 2.45) is 5.73 Å². The third kappa shape index (κ3) is 3.74. The van der Waals surface area contributed by atoms with E-state index in [0.717, 1.165) is 6.07 Å². The van der Waals surface area contributed by atoms with Gasteiger partial charge in [0.25, 0.3) is 0 Å². The molecule has 1 unspecified atom stereocenters. The molecule has 2 aromatic rings. The number of hydrogen-bond acceptors (Lipinski definition) is 4. The van der Waals surface area contributed by atoms with Gasteiger partial charge in [-0.15, -0.1) is 0 Å². The van der Waals surface area contributed by atoms with Crippen LogP contribution in [0.1, 0.15) is 17.3 Å². The molecule has 0 bridgehead atoms. The van der Waals surface area contributed by atoms with Crippen molar-refractivity contribution in [1.82, 2.24) is 9.97 Å². The minimum Gasteiger partial charge on any atom is -0.322 e. The highest BCUT2D eigenvalue weighted by Gasteiger charge is 2.15. The highest BCUT2D eigenvalue weighted by molar-refractivity contribution is 9.10. The summed E-state index contributed by atoms with van der Waals surface area (Å²) in [7, 11) is 0. The Morgan fingerprint density at radius 2 is 1.95 bits per heavy atom. The van der Waals surface area contributed by atoms with Gasteiger partial charge in [0.05, 0.1) is 16.2 Å². The minimum atomic E-state index is -0.612. The van der Waals surface area contributed by atoms with E-state index in [-0.39, 0.29) is 6.42 Å². The lowest BCUT2D eigenvalue weighted by Gasteiger charge is -2.13. The Morgan fingerprint density at radius 1 is 1.30 bits per heavy atom. The molecule has 0 spiro atoms. The molecule has 1 heterocycles. The van der Waals surface area contributed by atoms with Gasteiger partial charge in [0, 0.05) is 12.3 Å². The third-order valence-electron chi connectivity index (χ3n) is 2.66. The maximum Gasteiger partial charge on any atom is 0.187 e. The van der Waals surface area contributed by atoms with E-state index in [0.29, 0.717) is 20.9 Å². The van der Waals surface area contributed by atoms with Crippen LogP contribution in [0.15, 0.2) is 34.0 Å². The largest absolute Gasteiger partial charge is 0.322 e. The molecule has 1 aromatic heterocycles. The smallest absolute Gasteiger partial charge is 0.187 e. The molecule has 1 atom stereocenters. The topological polar surface area (TPSA) is 51.8 Å². The van der Waals surface area contributed by atoms with Crippen molar-refractivity contribution in [3.05, 3.63) is 51.8 Å². The van der Waals surface area contributed by atoms with Crippen molar-refractivity contribution < 1.29 is 8.78 Å². The van der Waals surface area contributed by atoms with E-state index in [1.165, 1.54) is 23.9 Å². The van der Waals surface area contributed by atoms with Crippen LogP contribution in [0, 0.1) is 11.6 Å². The number of hydrogen-bond donors (Lipinski definition) is 1. The molecule has 106 valence electrons. The van der Waals surface area contributed by atoms with E-state index in [2.05, 4.69) is 25.9 Å². The SMILES string of the molecule is CSc1ncc(Br)c(C(N)Cc2cc(F)cc(F)c2)n1. The molecule has 0 fully saturated rings. The predicted octanol–water partition coefficient (Wildman–Crippen LogP) is 3.48. The van der Waals surface area contributed by atoms with Crippen LogP contribution in [0.2, 0.25) is 0 Å². The van der Waals surface area contributed by atoms with Gasteiger partial charge in [-0.2, -0.15) is 0 Å². The van der Waals surface area contributed by atoms with Crippen molar-refractivity contribution in [3.63, 3.8) is 0 Å². The highest BCUT2D eigenvalue weighted by atomic mass is 79.9. The molecule has 0 aliphatic heterocycles. The Morgan fingerprint density at radius 3 is 2.55 bits per heavy atom. The zero-order valence-corrected chi connectivity index (χ0v) is 13.0. The van der Waals surface area contributed by atoms with Gasteiger partial charge >= 0.3 is 0 Å². The predicted molar refractivity (Wildman–Crippen MR) is 78.5 cm³/mol. The molecule has 0 aliphatic rings. The first-order valence-corrected chi connectivity index (χ1v) is 7.78. The minimum absolute atomic E-state index is 0.290. The summed E-state index contributed by atoms with van der Waals surface area (Å²) in [5, 5.41) is 0.601. The molecule has 7 heteroatoms. The van der Waals surface area contributed by atoms with Gasteiger partial charge < -0.3 is 5.73 Å². The van der Waals surface area contributed by atoms with Crippen LogP contribution < -0.4 is 5.73 Å². The molecule has 0 amide bonds. The fourth-order valence-electron chi connectivity index (χ4n) is 1.80. The van der Waals surface area contributed by atoms with Crippen molar-refractivity contribution in [1.29, 1.82) is 0 Å². The summed E-state index contributed by atoms with van der Waals surface area (Å²) < 4.78 is 27.0. The number of aromatic nitrogens is 2. The number of thioether (sulfide) groups is 1. The molecule has 0 saturated heterocycles. The van der Waals surface area contributed by atoms with E-state index in [1.807, 2.05) is 6.26 Å².